The number of hydrogen-bond donors (Lipinski definition) is 1. The number of para-hydroxylation sites is 2. The normalized spacial score (nSPS) is 10.5. The van der Waals surface area contributed by atoms with Crippen LogP contribution in [-0.2, 0) is 39.6 Å². The van der Waals surface area contributed by atoms with Crippen LogP contribution in [0.4, 0.5) is 5.69 Å². The summed E-state index contributed by atoms with van der Waals surface area (Å²) in [5.74, 6) is -2.40. The van der Waals surface area contributed by atoms with Crippen LogP contribution in [0.5, 0.6) is 5.75 Å². The number of aliphatic imine (C=N–C) groups is 2. The number of nitrogens with zero attached hydrogens (tertiary/aromatic N) is 4. The van der Waals surface area contributed by atoms with Crippen molar-refractivity contribution < 1.29 is 94.8 Å². The van der Waals surface area contributed by atoms with E-state index in [1.54, 1.807) is 18.5 Å². The molecular weight excluding hydrogens is 669 g/mol. The second-order valence-corrected chi connectivity index (χ2v) is 7.56. The third-order valence-corrected chi connectivity index (χ3v) is 4.23. The maximum absolute atomic E-state index is 11.3. The van der Waals surface area contributed by atoms with Gasteiger partial charge in [-0.15, -0.1) is 10.2 Å². The van der Waals surface area contributed by atoms with Crippen LogP contribution >= 0.6 is 0 Å². The van der Waals surface area contributed by atoms with E-state index in [4.69, 9.17) is 24.4 Å². The van der Waals surface area contributed by atoms with Crippen molar-refractivity contribution >= 4 is 39.3 Å². The monoisotopic (exact) mass is 694 g/mol. The molecule has 0 saturated carbocycles. The van der Waals surface area contributed by atoms with Gasteiger partial charge in [0, 0.05) is 29.7 Å². The van der Waals surface area contributed by atoms with E-state index >= 15 is 0 Å². The molecule has 0 saturated heterocycles. The van der Waals surface area contributed by atoms with Gasteiger partial charge in [0.1, 0.15) is 0 Å². The Morgan fingerprint density at radius 1 is 0.756 bits per heavy atom. The number of fused-ring (bicyclic) bond motifs is 3. The van der Waals surface area contributed by atoms with Crippen LogP contribution < -0.4 is 39.7 Å². The zero-order valence-electron chi connectivity index (χ0n) is 20.8. The Hall–Kier alpha value is -2.99. The molecule has 4 rings (SSSR count). The molecular formula is C23H27ClCu2N5O10+. The van der Waals surface area contributed by atoms with E-state index in [1.165, 1.54) is 18.2 Å². The van der Waals surface area contributed by atoms with E-state index < -0.39 is 27.8 Å². The second kappa shape index (κ2) is 22.7. The van der Waals surface area contributed by atoms with Gasteiger partial charge in [-0.25, -0.2) is 18.6 Å². The second-order valence-electron chi connectivity index (χ2n) is 6.81. The van der Waals surface area contributed by atoms with Crippen molar-refractivity contribution in [2.24, 2.45) is 15.7 Å². The van der Waals surface area contributed by atoms with Crippen LogP contribution in [0, 0.1) is 10.2 Å². The van der Waals surface area contributed by atoms with Crippen LogP contribution in [0.3, 0.4) is 0 Å². The SMILES string of the molecule is NCCCN=C([O-])C([O-])=Nc1ccccc1[O-].O.O.[Cu+2].[Cu+2].[O-][Cl+3]([O-])([O-])[O-].[OH3+].c1cnc2c(c1)ccc1cccnc12. The van der Waals surface area contributed by atoms with Crippen LogP contribution in [0.25, 0.3) is 21.8 Å². The van der Waals surface area contributed by atoms with Gasteiger partial charge in [-0.3, -0.25) is 15.0 Å². The summed E-state index contributed by atoms with van der Waals surface area (Å²) in [6, 6.07) is 17.9. The zero-order chi connectivity index (χ0) is 26.6. The van der Waals surface area contributed by atoms with E-state index in [2.05, 4.69) is 44.2 Å². The van der Waals surface area contributed by atoms with Gasteiger partial charge < -0.3 is 42.5 Å². The number of rotatable bonds is 4. The minimum Gasteiger partial charge on any atom is -0.871 e. The van der Waals surface area contributed by atoms with E-state index in [0.29, 0.717) is 13.0 Å². The molecule has 41 heavy (non-hydrogen) atoms. The molecule has 0 aliphatic carbocycles. The van der Waals surface area contributed by atoms with Crippen LogP contribution in [0.1, 0.15) is 6.42 Å². The summed E-state index contributed by atoms with van der Waals surface area (Å²) in [4.78, 5) is 15.6. The van der Waals surface area contributed by atoms with Gasteiger partial charge in [-0.2, -0.15) is 0 Å². The average molecular weight is 696 g/mol. The summed E-state index contributed by atoms with van der Waals surface area (Å²) in [6.45, 7) is 0.584. The Kier molecular flexibility index (Phi) is 24.9. The van der Waals surface area contributed by atoms with Crippen molar-refractivity contribution in [2.75, 3.05) is 13.1 Å². The molecule has 0 spiro atoms. The molecule has 2 aromatic heterocycles. The average Bonchev–Trinajstić information content (AvgIpc) is 2.85. The van der Waals surface area contributed by atoms with Crippen LogP contribution in [-0.4, -0.2) is 45.8 Å². The molecule has 0 bridgehead atoms. The molecule has 2 radical (unpaired) electrons. The molecule has 9 N–H and O–H groups in total. The molecule has 15 nitrogen and oxygen atoms in total. The van der Waals surface area contributed by atoms with Gasteiger partial charge in [0.15, 0.2) is 0 Å². The van der Waals surface area contributed by atoms with E-state index in [0.717, 1.165) is 21.8 Å². The van der Waals surface area contributed by atoms with Gasteiger partial charge in [-0.05, 0) is 43.0 Å². The molecule has 0 aliphatic rings. The summed E-state index contributed by atoms with van der Waals surface area (Å²) in [5.41, 5.74) is 7.11. The maximum atomic E-state index is 11.3. The third kappa shape index (κ3) is 16.8. The Bertz CT molecular complexity index is 1290. The van der Waals surface area contributed by atoms with E-state index in [-0.39, 0.29) is 62.8 Å². The largest absolute Gasteiger partial charge is 2.00 e. The summed E-state index contributed by atoms with van der Waals surface area (Å²) in [7, 11) is -4.94. The smallest absolute Gasteiger partial charge is 0.871 e. The molecule has 0 fully saturated rings. The molecule has 2 aromatic carbocycles. The molecule has 2 heterocycles. The van der Waals surface area contributed by atoms with Gasteiger partial charge in [0.2, 0.25) is 0 Å². The number of halogens is 1. The molecule has 232 valence electrons. The minimum absolute atomic E-state index is 0. The van der Waals surface area contributed by atoms with Crippen molar-refractivity contribution in [3.63, 3.8) is 0 Å². The Morgan fingerprint density at radius 2 is 1.22 bits per heavy atom. The van der Waals surface area contributed by atoms with Gasteiger partial charge >= 0.3 is 34.1 Å². The van der Waals surface area contributed by atoms with E-state index in [1.807, 2.05) is 12.1 Å². The molecule has 0 aliphatic heterocycles. The van der Waals surface area contributed by atoms with E-state index in [9.17, 15) is 15.3 Å². The van der Waals surface area contributed by atoms with Crippen molar-refractivity contribution in [2.45, 2.75) is 6.42 Å². The van der Waals surface area contributed by atoms with Gasteiger partial charge in [0.25, 0.3) is 0 Å². The standard InChI is InChI=1S/C12H8N2.C11H15N3O3.ClHO4.2Cu.3H2O/c1-3-9-5-6-10-4-2-8-14-12(10)11(9)13-7-1;12-6-3-7-13-10(16)11(17)14-8-4-1-2-5-9(8)15;2-1(3,4)5;;;;;/h1-8H;1-2,4-5,15H,3,6-7,12H2,(H,13,16)(H,14,17);(H,2,3,4,5);;;3*1H2/q;;;2*+2;;;/p-3. The quantitative estimate of drug-likeness (QED) is 0.0525. The summed E-state index contributed by atoms with van der Waals surface area (Å²) in [5, 5.41) is 36.0. The molecule has 0 amide bonds. The van der Waals surface area contributed by atoms with Gasteiger partial charge in [0.05, 0.1) is 16.7 Å². The van der Waals surface area contributed by atoms with Crippen LogP contribution in [0.2, 0.25) is 0 Å². The fourth-order valence-corrected chi connectivity index (χ4v) is 2.73. The Morgan fingerprint density at radius 3 is 1.66 bits per heavy atom. The number of nitrogens with two attached hydrogens (primary N) is 1. The first kappa shape index (κ1) is 45.0. The fraction of sp³-hybridized carbons (Fsp3) is 0.130. The van der Waals surface area contributed by atoms with Crippen LogP contribution in [0.15, 0.2) is 83.0 Å². The van der Waals surface area contributed by atoms with Crippen molar-refractivity contribution in [1.29, 1.82) is 0 Å². The molecule has 0 unspecified atom stereocenters. The third-order valence-electron chi connectivity index (χ3n) is 4.23. The van der Waals surface area contributed by atoms with Gasteiger partial charge in [-0.1, -0.05) is 48.2 Å². The number of hydrogen-bond acceptors (Lipinski definition) is 12. The fourth-order valence-electron chi connectivity index (χ4n) is 2.73. The maximum Gasteiger partial charge on any atom is 2.00 e. The van der Waals surface area contributed by atoms with Crippen molar-refractivity contribution in [3.05, 3.63) is 73.1 Å². The topological polar surface area (TPSA) is 334 Å². The molecule has 18 heteroatoms. The summed E-state index contributed by atoms with van der Waals surface area (Å²) < 4.78 is 34.0. The first-order chi connectivity index (χ1) is 17.1. The predicted molar refractivity (Wildman–Crippen MR) is 128 cm³/mol. The Labute approximate surface area is 257 Å². The summed E-state index contributed by atoms with van der Waals surface area (Å²) >= 11 is 0. The first-order valence-electron chi connectivity index (χ1n) is 10.2. The minimum atomic E-state index is -4.94. The zero-order valence-corrected chi connectivity index (χ0v) is 23.5. The molecule has 4 aromatic rings. The molecule has 0 atom stereocenters. The summed E-state index contributed by atoms with van der Waals surface area (Å²) in [6.07, 6.45) is 4.13. The number of benzene rings is 2. The number of aromatic nitrogens is 2. The number of pyridine rings is 2. The Balaban J connectivity index is -0.000000261. The predicted octanol–water partition coefficient (Wildman–Crippen LogP) is -6.29. The van der Waals surface area contributed by atoms with Crippen molar-refractivity contribution in [3.8, 4) is 5.75 Å². The van der Waals surface area contributed by atoms with Crippen molar-refractivity contribution in [1.82, 2.24) is 9.97 Å². The first-order valence-corrected chi connectivity index (χ1v) is 11.5.